The average Bonchev–Trinajstić information content (AvgIpc) is 3.09. The van der Waals surface area contributed by atoms with Gasteiger partial charge in [-0.25, -0.2) is 4.98 Å². The highest BCUT2D eigenvalue weighted by Gasteiger charge is 2.21. The molecule has 25 heavy (non-hydrogen) atoms. The van der Waals surface area contributed by atoms with Gasteiger partial charge in [-0.05, 0) is 18.2 Å². The lowest BCUT2D eigenvalue weighted by molar-refractivity contribution is -0.129. The summed E-state index contributed by atoms with van der Waals surface area (Å²) in [4.78, 5) is 20.9. The molecule has 130 valence electrons. The Morgan fingerprint density at radius 2 is 2.12 bits per heavy atom. The zero-order chi connectivity index (χ0) is 17.6. The third kappa shape index (κ3) is 4.57. The Hall–Kier alpha value is -1.94. The maximum atomic E-state index is 12.4. The van der Waals surface area contributed by atoms with Crippen molar-refractivity contribution in [2.45, 2.75) is 5.16 Å². The number of hydrogen-bond donors (Lipinski definition) is 0. The molecular formula is C18H19ClN4OS. The number of aromatic nitrogens is 2. The first-order valence-electron chi connectivity index (χ1n) is 8.03. The monoisotopic (exact) mass is 374 g/mol. The molecule has 0 saturated carbocycles. The second-order valence-corrected chi connectivity index (χ2v) is 7.09. The molecule has 1 aliphatic heterocycles. The zero-order valence-corrected chi connectivity index (χ0v) is 15.3. The summed E-state index contributed by atoms with van der Waals surface area (Å²) in [6.45, 7) is 3.76. The van der Waals surface area contributed by atoms with E-state index in [1.165, 1.54) is 11.8 Å². The summed E-state index contributed by atoms with van der Waals surface area (Å²) in [6.07, 6.45) is 8.93. The number of carbonyl (C=O) groups excluding carboxylic acids is 1. The third-order valence-corrected chi connectivity index (χ3v) is 5.24. The smallest absolute Gasteiger partial charge is 0.233 e. The van der Waals surface area contributed by atoms with E-state index in [0.29, 0.717) is 17.3 Å². The molecule has 0 aliphatic carbocycles. The molecule has 0 unspecified atom stereocenters. The molecule has 1 aromatic heterocycles. The topological polar surface area (TPSA) is 41.4 Å². The fourth-order valence-corrected chi connectivity index (χ4v) is 3.78. The van der Waals surface area contributed by atoms with E-state index in [1.807, 2.05) is 39.9 Å². The highest BCUT2D eigenvalue weighted by Crippen LogP contribution is 2.22. The number of rotatable bonds is 5. The number of piperazine rings is 1. The van der Waals surface area contributed by atoms with Gasteiger partial charge in [0.15, 0.2) is 5.16 Å². The van der Waals surface area contributed by atoms with Crippen LogP contribution in [-0.2, 0) is 4.79 Å². The Morgan fingerprint density at radius 3 is 2.84 bits per heavy atom. The van der Waals surface area contributed by atoms with Gasteiger partial charge >= 0.3 is 0 Å². The van der Waals surface area contributed by atoms with Crippen LogP contribution in [0.25, 0.3) is 5.69 Å². The van der Waals surface area contributed by atoms with Gasteiger partial charge in [-0.15, -0.1) is 6.42 Å². The number of benzene rings is 1. The lowest BCUT2D eigenvalue weighted by Gasteiger charge is -2.33. The maximum Gasteiger partial charge on any atom is 0.233 e. The van der Waals surface area contributed by atoms with E-state index in [9.17, 15) is 4.79 Å². The van der Waals surface area contributed by atoms with Crippen LogP contribution in [0, 0.1) is 12.3 Å². The molecule has 0 bridgehead atoms. The van der Waals surface area contributed by atoms with E-state index in [0.717, 1.165) is 37.0 Å². The Balaban J connectivity index is 1.57. The number of terminal acetylenes is 1. The summed E-state index contributed by atoms with van der Waals surface area (Å²) in [5, 5.41) is 1.45. The van der Waals surface area contributed by atoms with Gasteiger partial charge in [-0.2, -0.15) is 0 Å². The van der Waals surface area contributed by atoms with Crippen molar-refractivity contribution in [2.75, 3.05) is 38.5 Å². The first kappa shape index (κ1) is 17.9. The molecule has 0 atom stereocenters. The molecule has 2 aromatic rings. The highest BCUT2D eigenvalue weighted by atomic mass is 35.5. The lowest BCUT2D eigenvalue weighted by Crippen LogP contribution is -2.49. The zero-order valence-electron chi connectivity index (χ0n) is 13.8. The van der Waals surface area contributed by atoms with Gasteiger partial charge in [-0.3, -0.25) is 14.3 Å². The lowest BCUT2D eigenvalue weighted by atomic mass is 10.3. The summed E-state index contributed by atoms with van der Waals surface area (Å²) >= 11 is 7.50. The summed E-state index contributed by atoms with van der Waals surface area (Å²) in [5.74, 6) is 3.15. The van der Waals surface area contributed by atoms with Crippen LogP contribution in [0.15, 0.2) is 41.8 Å². The predicted molar refractivity (Wildman–Crippen MR) is 101 cm³/mol. The van der Waals surface area contributed by atoms with Gasteiger partial charge in [0.05, 0.1) is 12.3 Å². The predicted octanol–water partition coefficient (Wildman–Crippen LogP) is 2.40. The quantitative estimate of drug-likeness (QED) is 0.595. The van der Waals surface area contributed by atoms with E-state index in [2.05, 4.69) is 15.8 Å². The molecule has 0 spiro atoms. The van der Waals surface area contributed by atoms with Crippen molar-refractivity contribution in [3.63, 3.8) is 0 Å². The Labute approximate surface area is 157 Å². The number of thioether (sulfide) groups is 1. The Kier molecular flexibility index (Phi) is 6.03. The normalized spacial score (nSPS) is 15.1. The van der Waals surface area contributed by atoms with Crippen molar-refractivity contribution >= 4 is 29.3 Å². The Bertz CT molecular complexity index is 777. The van der Waals surface area contributed by atoms with Crippen molar-refractivity contribution in [1.29, 1.82) is 0 Å². The molecular weight excluding hydrogens is 356 g/mol. The number of hydrogen-bond acceptors (Lipinski definition) is 4. The maximum absolute atomic E-state index is 12.4. The minimum Gasteiger partial charge on any atom is -0.339 e. The van der Waals surface area contributed by atoms with Crippen LogP contribution in [-0.4, -0.2) is 63.7 Å². The molecule has 2 heterocycles. The van der Waals surface area contributed by atoms with Crippen LogP contribution in [0.2, 0.25) is 5.02 Å². The average molecular weight is 375 g/mol. The largest absolute Gasteiger partial charge is 0.339 e. The molecule has 0 radical (unpaired) electrons. The van der Waals surface area contributed by atoms with Crippen molar-refractivity contribution in [3.05, 3.63) is 41.7 Å². The second kappa shape index (κ2) is 8.43. The van der Waals surface area contributed by atoms with Crippen molar-refractivity contribution in [3.8, 4) is 18.0 Å². The first-order chi connectivity index (χ1) is 12.2. The number of carbonyl (C=O) groups is 1. The van der Waals surface area contributed by atoms with Crippen molar-refractivity contribution in [1.82, 2.24) is 19.4 Å². The molecule has 1 amide bonds. The van der Waals surface area contributed by atoms with Gasteiger partial charge in [0.2, 0.25) is 5.91 Å². The number of imidazole rings is 1. The SMILES string of the molecule is C#CCN1CCN(C(=O)CSc2nccn2-c2cccc(Cl)c2)CC1. The summed E-state index contributed by atoms with van der Waals surface area (Å²) < 4.78 is 1.94. The minimum atomic E-state index is 0.131. The number of amides is 1. The second-order valence-electron chi connectivity index (χ2n) is 5.71. The van der Waals surface area contributed by atoms with Gasteiger partial charge in [0.1, 0.15) is 0 Å². The standard InChI is InChI=1S/C18H19ClN4OS/c1-2-7-21-9-11-22(12-10-21)17(24)14-25-18-20-6-8-23(18)16-5-3-4-15(19)13-16/h1,3-6,8,13H,7,9-12,14H2. The number of nitrogens with zero attached hydrogens (tertiary/aromatic N) is 4. The molecule has 1 aromatic carbocycles. The van der Waals surface area contributed by atoms with Crippen molar-refractivity contribution < 1.29 is 4.79 Å². The first-order valence-corrected chi connectivity index (χ1v) is 9.39. The molecule has 3 rings (SSSR count). The van der Waals surface area contributed by atoms with E-state index in [4.69, 9.17) is 18.0 Å². The molecule has 1 aliphatic rings. The Morgan fingerprint density at radius 1 is 1.32 bits per heavy atom. The van der Waals surface area contributed by atoms with Gasteiger partial charge in [0.25, 0.3) is 0 Å². The summed E-state index contributed by atoms with van der Waals surface area (Å²) in [7, 11) is 0. The fraction of sp³-hybridized carbons (Fsp3) is 0.333. The fourth-order valence-electron chi connectivity index (χ4n) is 2.72. The molecule has 1 saturated heterocycles. The van der Waals surface area contributed by atoms with Crippen LogP contribution < -0.4 is 0 Å². The van der Waals surface area contributed by atoms with Crippen LogP contribution in [0.1, 0.15) is 0 Å². The molecule has 0 N–H and O–H groups in total. The molecule has 1 fully saturated rings. The van der Waals surface area contributed by atoms with Crippen LogP contribution in [0.4, 0.5) is 0 Å². The van der Waals surface area contributed by atoms with Crippen LogP contribution in [0.5, 0.6) is 0 Å². The van der Waals surface area contributed by atoms with Gasteiger partial charge in [0, 0.05) is 49.3 Å². The van der Waals surface area contributed by atoms with E-state index in [1.54, 1.807) is 6.20 Å². The summed E-state index contributed by atoms with van der Waals surface area (Å²) in [6, 6.07) is 7.56. The van der Waals surface area contributed by atoms with E-state index >= 15 is 0 Å². The van der Waals surface area contributed by atoms with E-state index in [-0.39, 0.29) is 5.91 Å². The summed E-state index contributed by atoms with van der Waals surface area (Å²) in [5.41, 5.74) is 0.933. The van der Waals surface area contributed by atoms with Crippen LogP contribution in [0.3, 0.4) is 0 Å². The van der Waals surface area contributed by atoms with Crippen molar-refractivity contribution in [2.24, 2.45) is 0 Å². The van der Waals surface area contributed by atoms with Crippen LogP contribution >= 0.6 is 23.4 Å². The van der Waals surface area contributed by atoms with Gasteiger partial charge < -0.3 is 4.90 Å². The van der Waals surface area contributed by atoms with Gasteiger partial charge in [-0.1, -0.05) is 35.3 Å². The molecule has 7 heteroatoms. The third-order valence-electron chi connectivity index (χ3n) is 4.06. The number of halogens is 1. The highest BCUT2D eigenvalue weighted by molar-refractivity contribution is 7.99. The molecule has 5 nitrogen and oxygen atoms in total. The minimum absolute atomic E-state index is 0.131. The van der Waals surface area contributed by atoms with E-state index < -0.39 is 0 Å².